The summed E-state index contributed by atoms with van der Waals surface area (Å²) < 4.78 is 11.0. The molecule has 0 amide bonds. The van der Waals surface area contributed by atoms with Crippen molar-refractivity contribution in [3.05, 3.63) is 42.5 Å². The summed E-state index contributed by atoms with van der Waals surface area (Å²) in [6, 6.07) is 12.9. The number of phenols is 1. The van der Waals surface area contributed by atoms with Gasteiger partial charge in [0.2, 0.25) is 0 Å². The Morgan fingerprint density at radius 2 is 1.65 bits per heavy atom. The minimum Gasteiger partial charge on any atom is -0.507 e. The Morgan fingerprint density at radius 1 is 0.882 bits per heavy atom. The number of phenolic OH excluding ortho intramolecular Hbond substituents is 1. The SMILES string of the molecule is Oc1ccccc1-c1ccc2c(c1)OCCO2. The van der Waals surface area contributed by atoms with Gasteiger partial charge in [0.05, 0.1) is 0 Å². The highest BCUT2D eigenvalue weighted by Crippen LogP contribution is 2.37. The molecule has 0 aromatic heterocycles. The van der Waals surface area contributed by atoms with E-state index < -0.39 is 0 Å². The summed E-state index contributed by atoms with van der Waals surface area (Å²) in [6.07, 6.45) is 0. The quantitative estimate of drug-likeness (QED) is 0.815. The number of fused-ring (bicyclic) bond motifs is 1. The molecule has 1 heterocycles. The molecular formula is C14H12O3. The fourth-order valence-electron chi connectivity index (χ4n) is 1.93. The number of rotatable bonds is 1. The molecule has 3 heteroatoms. The van der Waals surface area contributed by atoms with Crippen molar-refractivity contribution in [2.75, 3.05) is 13.2 Å². The number of hydrogen-bond donors (Lipinski definition) is 1. The van der Waals surface area contributed by atoms with Gasteiger partial charge in [0.25, 0.3) is 0 Å². The monoisotopic (exact) mass is 228 g/mol. The lowest BCUT2D eigenvalue weighted by Crippen LogP contribution is -2.15. The van der Waals surface area contributed by atoms with Crippen molar-refractivity contribution >= 4 is 0 Å². The zero-order chi connectivity index (χ0) is 11.7. The van der Waals surface area contributed by atoms with Crippen molar-refractivity contribution in [2.45, 2.75) is 0 Å². The lowest BCUT2D eigenvalue weighted by molar-refractivity contribution is 0.171. The van der Waals surface area contributed by atoms with Crippen molar-refractivity contribution in [1.82, 2.24) is 0 Å². The van der Waals surface area contributed by atoms with Gasteiger partial charge in [0, 0.05) is 5.56 Å². The molecule has 0 saturated carbocycles. The molecule has 0 aliphatic carbocycles. The second-order valence-corrected chi connectivity index (χ2v) is 3.88. The van der Waals surface area contributed by atoms with Gasteiger partial charge in [-0.25, -0.2) is 0 Å². The topological polar surface area (TPSA) is 38.7 Å². The van der Waals surface area contributed by atoms with E-state index in [0.717, 1.165) is 22.6 Å². The van der Waals surface area contributed by atoms with Gasteiger partial charge in [-0.2, -0.15) is 0 Å². The van der Waals surface area contributed by atoms with Crippen molar-refractivity contribution in [3.63, 3.8) is 0 Å². The second-order valence-electron chi connectivity index (χ2n) is 3.88. The maximum atomic E-state index is 9.80. The van der Waals surface area contributed by atoms with Crippen molar-refractivity contribution < 1.29 is 14.6 Å². The van der Waals surface area contributed by atoms with E-state index in [1.165, 1.54) is 0 Å². The van der Waals surface area contributed by atoms with Gasteiger partial charge >= 0.3 is 0 Å². The Kier molecular flexibility index (Phi) is 2.37. The third-order valence-electron chi connectivity index (χ3n) is 2.76. The third-order valence-corrected chi connectivity index (χ3v) is 2.76. The number of benzene rings is 2. The van der Waals surface area contributed by atoms with Gasteiger partial charge in [-0.1, -0.05) is 24.3 Å². The van der Waals surface area contributed by atoms with Crippen molar-refractivity contribution in [3.8, 4) is 28.4 Å². The van der Waals surface area contributed by atoms with Crippen LogP contribution in [0.2, 0.25) is 0 Å². The van der Waals surface area contributed by atoms with Crippen molar-refractivity contribution in [2.24, 2.45) is 0 Å². The Balaban J connectivity index is 2.07. The Morgan fingerprint density at radius 3 is 2.47 bits per heavy atom. The molecule has 0 unspecified atom stereocenters. The third kappa shape index (κ3) is 1.80. The Hall–Kier alpha value is -2.16. The number of hydrogen-bond acceptors (Lipinski definition) is 3. The molecule has 0 bridgehead atoms. The first-order valence-electron chi connectivity index (χ1n) is 5.52. The van der Waals surface area contributed by atoms with Crippen LogP contribution in [-0.2, 0) is 0 Å². The maximum absolute atomic E-state index is 9.80. The summed E-state index contributed by atoms with van der Waals surface area (Å²) in [4.78, 5) is 0. The van der Waals surface area contributed by atoms with Crippen LogP contribution in [0.15, 0.2) is 42.5 Å². The fourth-order valence-corrected chi connectivity index (χ4v) is 1.93. The van der Waals surface area contributed by atoms with Crippen LogP contribution in [0.4, 0.5) is 0 Å². The number of aromatic hydroxyl groups is 1. The molecule has 1 aliphatic heterocycles. The molecule has 17 heavy (non-hydrogen) atoms. The van der Waals surface area contributed by atoms with Gasteiger partial charge in [0.15, 0.2) is 11.5 Å². The largest absolute Gasteiger partial charge is 0.507 e. The zero-order valence-electron chi connectivity index (χ0n) is 9.22. The predicted molar refractivity (Wildman–Crippen MR) is 64.5 cm³/mol. The second kappa shape index (κ2) is 4.01. The zero-order valence-corrected chi connectivity index (χ0v) is 9.22. The number of para-hydroxylation sites is 1. The number of ether oxygens (including phenoxy) is 2. The van der Waals surface area contributed by atoms with E-state index in [1.807, 2.05) is 30.3 Å². The van der Waals surface area contributed by atoms with Crippen LogP contribution in [0.25, 0.3) is 11.1 Å². The summed E-state index contributed by atoms with van der Waals surface area (Å²) >= 11 is 0. The maximum Gasteiger partial charge on any atom is 0.161 e. The molecule has 3 rings (SSSR count). The summed E-state index contributed by atoms with van der Waals surface area (Å²) in [7, 11) is 0. The van der Waals surface area contributed by atoms with Crippen LogP contribution < -0.4 is 9.47 Å². The van der Waals surface area contributed by atoms with Crippen LogP contribution >= 0.6 is 0 Å². The molecule has 0 spiro atoms. The molecule has 2 aromatic rings. The van der Waals surface area contributed by atoms with E-state index in [9.17, 15) is 5.11 Å². The Bertz CT molecular complexity index is 549. The molecule has 0 atom stereocenters. The summed E-state index contributed by atoms with van der Waals surface area (Å²) in [5.74, 6) is 1.76. The first kappa shape index (κ1) is 10.0. The van der Waals surface area contributed by atoms with Crippen LogP contribution in [0.1, 0.15) is 0 Å². The lowest BCUT2D eigenvalue weighted by Gasteiger charge is -2.19. The van der Waals surface area contributed by atoms with Gasteiger partial charge in [0.1, 0.15) is 19.0 Å². The molecule has 86 valence electrons. The normalized spacial score (nSPS) is 13.4. The van der Waals surface area contributed by atoms with Crippen LogP contribution in [-0.4, -0.2) is 18.3 Å². The van der Waals surface area contributed by atoms with Crippen LogP contribution in [0.3, 0.4) is 0 Å². The fraction of sp³-hybridized carbons (Fsp3) is 0.143. The van der Waals surface area contributed by atoms with Crippen LogP contribution in [0, 0.1) is 0 Å². The summed E-state index contributed by atoms with van der Waals surface area (Å²) in [5.41, 5.74) is 1.72. The van der Waals surface area contributed by atoms with Crippen LogP contribution in [0.5, 0.6) is 17.2 Å². The van der Waals surface area contributed by atoms with Gasteiger partial charge in [-0.05, 0) is 23.8 Å². The van der Waals surface area contributed by atoms with E-state index in [1.54, 1.807) is 12.1 Å². The van der Waals surface area contributed by atoms with E-state index in [4.69, 9.17) is 9.47 Å². The predicted octanol–water partition coefficient (Wildman–Crippen LogP) is 2.83. The minimum atomic E-state index is 0.268. The van der Waals surface area contributed by atoms with Gasteiger partial charge < -0.3 is 14.6 Å². The highest BCUT2D eigenvalue weighted by atomic mass is 16.6. The average Bonchev–Trinajstić information content (AvgIpc) is 2.39. The summed E-state index contributed by atoms with van der Waals surface area (Å²) in [6.45, 7) is 1.15. The Labute approximate surface area is 99.2 Å². The average molecular weight is 228 g/mol. The molecule has 2 aromatic carbocycles. The minimum absolute atomic E-state index is 0.268. The van der Waals surface area contributed by atoms with Gasteiger partial charge in [-0.15, -0.1) is 0 Å². The molecule has 3 nitrogen and oxygen atoms in total. The van der Waals surface area contributed by atoms with E-state index in [2.05, 4.69) is 0 Å². The van der Waals surface area contributed by atoms with Gasteiger partial charge in [-0.3, -0.25) is 0 Å². The first-order valence-corrected chi connectivity index (χ1v) is 5.52. The highest BCUT2D eigenvalue weighted by Gasteiger charge is 2.13. The molecule has 0 saturated heterocycles. The molecular weight excluding hydrogens is 216 g/mol. The van der Waals surface area contributed by atoms with E-state index in [0.29, 0.717) is 13.2 Å². The molecule has 0 radical (unpaired) electrons. The van der Waals surface area contributed by atoms with E-state index >= 15 is 0 Å². The van der Waals surface area contributed by atoms with Crippen molar-refractivity contribution in [1.29, 1.82) is 0 Å². The van der Waals surface area contributed by atoms with E-state index in [-0.39, 0.29) is 5.75 Å². The molecule has 0 fully saturated rings. The lowest BCUT2D eigenvalue weighted by atomic mass is 10.0. The highest BCUT2D eigenvalue weighted by molar-refractivity contribution is 5.72. The summed E-state index contributed by atoms with van der Waals surface area (Å²) in [5, 5.41) is 9.80. The standard InChI is InChI=1S/C14H12O3/c15-12-4-2-1-3-11(12)10-5-6-13-14(9-10)17-8-7-16-13/h1-6,9,15H,7-8H2. The molecule has 1 N–H and O–H groups in total. The smallest absolute Gasteiger partial charge is 0.161 e. The first-order chi connectivity index (χ1) is 8.34. The molecule has 1 aliphatic rings.